The molecule has 0 unspecified atom stereocenters. The highest BCUT2D eigenvalue weighted by Crippen LogP contribution is 1.98. The first-order chi connectivity index (χ1) is 8.18. The van der Waals surface area contributed by atoms with Gasteiger partial charge in [0.2, 0.25) is 0 Å². The zero-order valence-electron chi connectivity index (χ0n) is 10.7. The first kappa shape index (κ1) is 14.0. The molecular weight excluding hydrogens is 228 g/mol. The minimum absolute atomic E-state index is 0.717. The Morgan fingerprint density at radius 1 is 1.12 bits per heavy atom. The van der Waals surface area contributed by atoms with Crippen LogP contribution in [0.1, 0.15) is 25.8 Å². The Morgan fingerprint density at radius 2 is 1.76 bits per heavy atom. The van der Waals surface area contributed by atoms with E-state index < -0.39 is 0 Å². The second-order valence-electron chi connectivity index (χ2n) is 4.60. The summed E-state index contributed by atoms with van der Waals surface area (Å²) < 4.78 is 0. The number of benzene rings is 1. The second kappa shape index (κ2) is 8.07. The average Bonchev–Trinajstić information content (AvgIpc) is 2.30. The summed E-state index contributed by atoms with van der Waals surface area (Å²) in [5.41, 5.74) is 1.34. The van der Waals surface area contributed by atoms with Crippen LogP contribution in [0.4, 0.5) is 0 Å². The van der Waals surface area contributed by atoms with Gasteiger partial charge in [-0.1, -0.05) is 44.2 Å². The van der Waals surface area contributed by atoms with Gasteiger partial charge in [-0.3, -0.25) is 0 Å². The van der Waals surface area contributed by atoms with Gasteiger partial charge in [0.15, 0.2) is 5.11 Å². The van der Waals surface area contributed by atoms with E-state index in [1.54, 1.807) is 0 Å². The Kier molecular flexibility index (Phi) is 6.63. The van der Waals surface area contributed by atoms with Gasteiger partial charge in [-0.2, -0.15) is 0 Å². The molecule has 2 nitrogen and oxygen atoms in total. The van der Waals surface area contributed by atoms with Crippen LogP contribution in [0.2, 0.25) is 0 Å². The normalized spacial score (nSPS) is 10.3. The summed E-state index contributed by atoms with van der Waals surface area (Å²) in [7, 11) is 0. The predicted octanol–water partition coefficient (Wildman–Crippen LogP) is 2.74. The van der Waals surface area contributed by atoms with Crippen molar-refractivity contribution >= 4 is 17.3 Å². The highest BCUT2D eigenvalue weighted by molar-refractivity contribution is 7.80. The van der Waals surface area contributed by atoms with Gasteiger partial charge in [-0.25, -0.2) is 0 Å². The lowest BCUT2D eigenvalue weighted by Gasteiger charge is -2.11. The van der Waals surface area contributed by atoms with E-state index in [-0.39, 0.29) is 0 Å². The zero-order chi connectivity index (χ0) is 12.5. The summed E-state index contributed by atoms with van der Waals surface area (Å²) in [6, 6.07) is 10.4. The lowest BCUT2D eigenvalue weighted by atomic mass is 10.1. The van der Waals surface area contributed by atoms with Crippen LogP contribution >= 0.6 is 12.2 Å². The van der Waals surface area contributed by atoms with Crippen LogP contribution in [-0.2, 0) is 6.42 Å². The molecule has 2 N–H and O–H groups in total. The molecular formula is C14H22N2S. The Balaban J connectivity index is 2.08. The molecule has 0 aliphatic carbocycles. The smallest absolute Gasteiger partial charge is 0.166 e. The highest BCUT2D eigenvalue weighted by Gasteiger charge is 1.97. The summed E-state index contributed by atoms with van der Waals surface area (Å²) in [6.45, 7) is 6.27. The third-order valence-electron chi connectivity index (χ3n) is 2.55. The van der Waals surface area contributed by atoms with Gasteiger partial charge in [0.1, 0.15) is 0 Å². The van der Waals surface area contributed by atoms with E-state index in [9.17, 15) is 0 Å². The van der Waals surface area contributed by atoms with Crippen molar-refractivity contribution in [3.63, 3.8) is 0 Å². The van der Waals surface area contributed by atoms with Crippen molar-refractivity contribution in [2.45, 2.75) is 26.7 Å². The fraction of sp³-hybridized carbons (Fsp3) is 0.500. The summed E-state index contributed by atoms with van der Waals surface area (Å²) in [5.74, 6) is 0.717. The maximum Gasteiger partial charge on any atom is 0.166 e. The molecule has 0 fully saturated rings. The fourth-order valence-electron chi connectivity index (χ4n) is 1.50. The number of hydrogen-bond acceptors (Lipinski definition) is 1. The molecule has 0 amide bonds. The van der Waals surface area contributed by atoms with Crippen LogP contribution in [-0.4, -0.2) is 18.2 Å². The first-order valence-corrected chi connectivity index (χ1v) is 6.65. The Bertz CT molecular complexity index is 322. The summed E-state index contributed by atoms with van der Waals surface area (Å²) in [5, 5.41) is 7.21. The van der Waals surface area contributed by atoms with Crippen LogP contribution in [0.15, 0.2) is 30.3 Å². The van der Waals surface area contributed by atoms with Gasteiger partial charge in [-0.15, -0.1) is 0 Å². The minimum Gasteiger partial charge on any atom is -0.363 e. The molecule has 0 bridgehead atoms. The van der Waals surface area contributed by atoms with Gasteiger partial charge in [0, 0.05) is 13.1 Å². The van der Waals surface area contributed by atoms with Crippen LogP contribution < -0.4 is 10.6 Å². The molecule has 1 aromatic rings. The molecule has 0 heterocycles. The maximum absolute atomic E-state index is 5.20. The standard InChI is InChI=1S/C14H22N2S/c1-12(2)8-10-15-14(17)16-11-9-13-6-4-3-5-7-13/h3-7,12H,8-11H2,1-2H3,(H2,15,16,17). The first-order valence-electron chi connectivity index (χ1n) is 6.24. The third-order valence-corrected chi connectivity index (χ3v) is 2.84. The quantitative estimate of drug-likeness (QED) is 0.759. The zero-order valence-corrected chi connectivity index (χ0v) is 11.5. The van der Waals surface area contributed by atoms with E-state index in [1.165, 1.54) is 5.56 Å². The van der Waals surface area contributed by atoms with E-state index in [2.05, 4.69) is 48.7 Å². The Labute approximate surface area is 110 Å². The van der Waals surface area contributed by atoms with E-state index in [1.807, 2.05) is 6.07 Å². The molecule has 0 radical (unpaired) electrons. The second-order valence-corrected chi connectivity index (χ2v) is 5.01. The van der Waals surface area contributed by atoms with Crippen molar-refractivity contribution in [3.8, 4) is 0 Å². The monoisotopic (exact) mass is 250 g/mol. The molecule has 94 valence electrons. The molecule has 0 aliphatic rings. The topological polar surface area (TPSA) is 24.1 Å². The van der Waals surface area contributed by atoms with Gasteiger partial charge in [0.25, 0.3) is 0 Å². The van der Waals surface area contributed by atoms with Crippen LogP contribution in [0.5, 0.6) is 0 Å². The Morgan fingerprint density at radius 3 is 2.41 bits per heavy atom. The molecule has 0 aromatic heterocycles. The predicted molar refractivity (Wildman–Crippen MR) is 78.2 cm³/mol. The summed E-state index contributed by atoms with van der Waals surface area (Å²) >= 11 is 5.20. The number of nitrogens with one attached hydrogen (secondary N) is 2. The van der Waals surface area contributed by atoms with Crippen molar-refractivity contribution in [2.75, 3.05) is 13.1 Å². The van der Waals surface area contributed by atoms with Gasteiger partial charge in [0.05, 0.1) is 0 Å². The maximum atomic E-state index is 5.20. The van der Waals surface area contributed by atoms with Crippen LogP contribution in [0.3, 0.4) is 0 Å². The molecule has 17 heavy (non-hydrogen) atoms. The highest BCUT2D eigenvalue weighted by atomic mass is 32.1. The molecule has 0 aliphatic heterocycles. The molecule has 1 aromatic carbocycles. The van der Waals surface area contributed by atoms with Crippen molar-refractivity contribution in [3.05, 3.63) is 35.9 Å². The van der Waals surface area contributed by atoms with Crippen molar-refractivity contribution in [1.29, 1.82) is 0 Å². The van der Waals surface area contributed by atoms with E-state index in [0.717, 1.165) is 37.0 Å². The number of rotatable bonds is 6. The molecule has 0 saturated heterocycles. The molecule has 1 rings (SSSR count). The van der Waals surface area contributed by atoms with Gasteiger partial charge < -0.3 is 10.6 Å². The van der Waals surface area contributed by atoms with Crippen molar-refractivity contribution < 1.29 is 0 Å². The largest absolute Gasteiger partial charge is 0.363 e. The fourth-order valence-corrected chi connectivity index (χ4v) is 1.71. The van der Waals surface area contributed by atoms with E-state index in [4.69, 9.17) is 12.2 Å². The molecule has 0 atom stereocenters. The van der Waals surface area contributed by atoms with Gasteiger partial charge >= 0.3 is 0 Å². The SMILES string of the molecule is CC(C)CCNC(=S)NCCc1ccccc1. The third kappa shape index (κ3) is 6.95. The number of hydrogen-bond donors (Lipinski definition) is 2. The molecule has 0 spiro atoms. The van der Waals surface area contributed by atoms with Crippen LogP contribution in [0.25, 0.3) is 0 Å². The average molecular weight is 250 g/mol. The molecule has 3 heteroatoms. The van der Waals surface area contributed by atoms with Crippen LogP contribution in [0, 0.1) is 5.92 Å². The Hall–Kier alpha value is -1.09. The lowest BCUT2D eigenvalue weighted by Crippen LogP contribution is -2.37. The molecule has 0 saturated carbocycles. The number of thiocarbonyl (C=S) groups is 1. The van der Waals surface area contributed by atoms with Crippen molar-refractivity contribution in [1.82, 2.24) is 10.6 Å². The lowest BCUT2D eigenvalue weighted by molar-refractivity contribution is 0.576. The summed E-state index contributed by atoms with van der Waals surface area (Å²) in [6.07, 6.45) is 2.16. The van der Waals surface area contributed by atoms with Crippen molar-refractivity contribution in [2.24, 2.45) is 5.92 Å². The summed E-state index contributed by atoms with van der Waals surface area (Å²) in [4.78, 5) is 0. The van der Waals surface area contributed by atoms with E-state index >= 15 is 0 Å². The van der Waals surface area contributed by atoms with Gasteiger partial charge in [-0.05, 0) is 36.5 Å². The van der Waals surface area contributed by atoms with E-state index in [0.29, 0.717) is 0 Å². The minimum atomic E-state index is 0.717.